The highest BCUT2D eigenvalue weighted by atomic mass is 35.5. The van der Waals surface area contributed by atoms with Crippen LogP contribution in [-0.2, 0) is 9.59 Å². The molecule has 0 aliphatic rings. The summed E-state index contributed by atoms with van der Waals surface area (Å²) in [6.45, 7) is 2.34. The van der Waals surface area contributed by atoms with Gasteiger partial charge in [-0.15, -0.1) is 0 Å². The number of hydrogen-bond acceptors (Lipinski definition) is 5. The maximum atomic E-state index is 11.8. The molecule has 2 aromatic carbocycles. The number of benzene rings is 2. The van der Waals surface area contributed by atoms with Crippen LogP contribution in [0.1, 0.15) is 12.5 Å². The first-order valence-electron chi connectivity index (χ1n) is 7.74. The van der Waals surface area contributed by atoms with Gasteiger partial charge < -0.3 is 14.8 Å². The van der Waals surface area contributed by atoms with Crippen molar-refractivity contribution >= 4 is 35.3 Å². The summed E-state index contributed by atoms with van der Waals surface area (Å²) in [5, 5.41) is 6.65. The summed E-state index contributed by atoms with van der Waals surface area (Å²) in [6, 6.07) is 11.6. The van der Waals surface area contributed by atoms with Crippen LogP contribution >= 0.6 is 11.6 Å². The van der Waals surface area contributed by atoms with Gasteiger partial charge in [-0.2, -0.15) is 5.10 Å². The van der Waals surface area contributed by atoms with E-state index in [0.29, 0.717) is 34.4 Å². The lowest BCUT2D eigenvalue weighted by atomic mass is 10.2. The van der Waals surface area contributed by atoms with Gasteiger partial charge in [0, 0.05) is 10.7 Å². The van der Waals surface area contributed by atoms with E-state index in [1.165, 1.54) is 12.3 Å². The smallest absolute Gasteiger partial charge is 0.329 e. The molecule has 2 aromatic rings. The third-order valence-electron chi connectivity index (χ3n) is 3.16. The third kappa shape index (κ3) is 5.49. The molecule has 2 rings (SSSR count). The van der Waals surface area contributed by atoms with Crippen molar-refractivity contribution in [3.05, 3.63) is 53.1 Å². The lowest BCUT2D eigenvalue weighted by Crippen LogP contribution is -2.32. The highest BCUT2D eigenvalue weighted by Crippen LogP contribution is 2.27. The zero-order valence-corrected chi connectivity index (χ0v) is 15.0. The average molecular weight is 376 g/mol. The Hall–Kier alpha value is -3.06. The number of halogens is 1. The molecule has 0 radical (unpaired) electrons. The van der Waals surface area contributed by atoms with Crippen LogP contribution in [0.3, 0.4) is 0 Å². The minimum Gasteiger partial charge on any atom is -0.493 e. The van der Waals surface area contributed by atoms with Crippen molar-refractivity contribution in [1.29, 1.82) is 0 Å². The lowest BCUT2D eigenvalue weighted by molar-refractivity contribution is -0.136. The van der Waals surface area contributed by atoms with E-state index < -0.39 is 11.8 Å². The number of rotatable bonds is 6. The SMILES string of the molecule is CCOc1cc(/C=N\NC(=O)C(=O)Nc2cccc(Cl)c2)ccc1OC. The zero-order valence-electron chi connectivity index (χ0n) is 14.3. The topological polar surface area (TPSA) is 89.0 Å². The fourth-order valence-electron chi connectivity index (χ4n) is 2.01. The quantitative estimate of drug-likeness (QED) is 0.461. The second-order valence-electron chi connectivity index (χ2n) is 5.01. The maximum absolute atomic E-state index is 11.8. The number of carbonyl (C=O) groups excluding carboxylic acids is 2. The first-order valence-corrected chi connectivity index (χ1v) is 8.12. The van der Waals surface area contributed by atoms with Gasteiger partial charge in [-0.1, -0.05) is 17.7 Å². The van der Waals surface area contributed by atoms with Crippen molar-refractivity contribution in [1.82, 2.24) is 5.43 Å². The molecule has 8 heteroatoms. The fourth-order valence-corrected chi connectivity index (χ4v) is 2.20. The number of ether oxygens (including phenoxy) is 2. The first kappa shape index (κ1) is 19.3. The minimum absolute atomic E-state index is 0.415. The van der Waals surface area contributed by atoms with Gasteiger partial charge in [0.25, 0.3) is 0 Å². The Kier molecular flexibility index (Phi) is 6.99. The summed E-state index contributed by atoms with van der Waals surface area (Å²) in [6.07, 6.45) is 1.40. The van der Waals surface area contributed by atoms with E-state index >= 15 is 0 Å². The van der Waals surface area contributed by atoms with Gasteiger partial charge in [0.2, 0.25) is 0 Å². The largest absolute Gasteiger partial charge is 0.493 e. The van der Waals surface area contributed by atoms with Crippen molar-refractivity contribution in [3.8, 4) is 11.5 Å². The van der Waals surface area contributed by atoms with Gasteiger partial charge in [0.05, 0.1) is 19.9 Å². The number of amides is 2. The van der Waals surface area contributed by atoms with Crippen LogP contribution < -0.4 is 20.2 Å². The molecule has 136 valence electrons. The summed E-state index contributed by atoms with van der Waals surface area (Å²) in [7, 11) is 1.55. The van der Waals surface area contributed by atoms with Gasteiger partial charge in [0.15, 0.2) is 11.5 Å². The van der Waals surface area contributed by atoms with E-state index in [1.807, 2.05) is 6.92 Å². The number of nitrogens with zero attached hydrogens (tertiary/aromatic N) is 1. The second kappa shape index (κ2) is 9.43. The highest BCUT2D eigenvalue weighted by molar-refractivity contribution is 6.39. The van der Waals surface area contributed by atoms with Crippen LogP contribution in [0, 0.1) is 0 Å². The van der Waals surface area contributed by atoms with E-state index in [2.05, 4.69) is 15.8 Å². The molecule has 0 unspecified atom stereocenters. The van der Waals surface area contributed by atoms with E-state index in [-0.39, 0.29) is 0 Å². The van der Waals surface area contributed by atoms with E-state index in [9.17, 15) is 9.59 Å². The summed E-state index contributed by atoms with van der Waals surface area (Å²) >= 11 is 5.82. The number of hydrogen-bond donors (Lipinski definition) is 2. The minimum atomic E-state index is -0.903. The number of anilines is 1. The number of carbonyl (C=O) groups is 2. The lowest BCUT2D eigenvalue weighted by Gasteiger charge is -2.09. The van der Waals surface area contributed by atoms with Crippen LogP contribution in [-0.4, -0.2) is 31.7 Å². The number of methoxy groups -OCH3 is 1. The van der Waals surface area contributed by atoms with E-state index in [1.54, 1.807) is 43.5 Å². The maximum Gasteiger partial charge on any atom is 0.329 e. The average Bonchev–Trinajstić information content (AvgIpc) is 2.62. The van der Waals surface area contributed by atoms with Gasteiger partial charge in [-0.25, -0.2) is 5.43 Å². The van der Waals surface area contributed by atoms with Gasteiger partial charge in [0.1, 0.15) is 0 Å². The standard InChI is InChI=1S/C18H18ClN3O4/c1-3-26-16-9-12(7-8-15(16)25-2)11-20-22-18(24)17(23)21-14-6-4-5-13(19)10-14/h4-11H,3H2,1-2H3,(H,21,23)(H,22,24)/b20-11-. The first-order chi connectivity index (χ1) is 12.5. The van der Waals surface area contributed by atoms with Crippen molar-refractivity contribution in [2.45, 2.75) is 6.92 Å². The molecule has 0 atom stereocenters. The summed E-state index contributed by atoms with van der Waals surface area (Å²) in [5.74, 6) is -0.605. The van der Waals surface area contributed by atoms with Crippen LogP contribution in [0.2, 0.25) is 5.02 Å². The molecule has 0 aliphatic carbocycles. The number of hydrazone groups is 1. The molecular formula is C18H18ClN3O4. The molecule has 0 spiro atoms. The molecule has 0 fully saturated rings. The Morgan fingerprint density at radius 1 is 1.15 bits per heavy atom. The predicted molar refractivity (Wildman–Crippen MR) is 100.0 cm³/mol. The van der Waals surface area contributed by atoms with Crippen molar-refractivity contribution in [2.75, 3.05) is 19.0 Å². The number of nitrogens with one attached hydrogen (secondary N) is 2. The summed E-state index contributed by atoms with van der Waals surface area (Å²) in [4.78, 5) is 23.6. The summed E-state index contributed by atoms with van der Waals surface area (Å²) in [5.41, 5.74) is 3.25. The van der Waals surface area contributed by atoms with Gasteiger partial charge in [-0.3, -0.25) is 9.59 Å². The molecule has 0 saturated heterocycles. The van der Waals surface area contributed by atoms with E-state index in [0.717, 1.165) is 0 Å². The molecule has 7 nitrogen and oxygen atoms in total. The van der Waals surface area contributed by atoms with Gasteiger partial charge in [-0.05, 0) is 48.9 Å². The molecule has 0 heterocycles. The molecule has 2 amide bonds. The molecule has 0 saturated carbocycles. The predicted octanol–water partition coefficient (Wildman–Crippen LogP) is 2.84. The molecule has 0 aromatic heterocycles. The molecule has 2 N–H and O–H groups in total. The Morgan fingerprint density at radius 3 is 2.65 bits per heavy atom. The van der Waals surface area contributed by atoms with Crippen LogP contribution in [0.5, 0.6) is 11.5 Å². The zero-order chi connectivity index (χ0) is 18.9. The Bertz CT molecular complexity index is 824. The highest BCUT2D eigenvalue weighted by Gasteiger charge is 2.13. The third-order valence-corrected chi connectivity index (χ3v) is 3.39. The van der Waals surface area contributed by atoms with Crippen LogP contribution in [0.25, 0.3) is 0 Å². The summed E-state index contributed by atoms with van der Waals surface area (Å²) < 4.78 is 10.7. The fraction of sp³-hybridized carbons (Fsp3) is 0.167. The molecule has 0 aliphatic heterocycles. The van der Waals surface area contributed by atoms with Gasteiger partial charge >= 0.3 is 11.8 Å². The monoisotopic (exact) mass is 375 g/mol. The Labute approximate surface area is 155 Å². The normalized spacial score (nSPS) is 10.4. The van der Waals surface area contributed by atoms with Crippen molar-refractivity contribution in [3.63, 3.8) is 0 Å². The van der Waals surface area contributed by atoms with Crippen LogP contribution in [0.15, 0.2) is 47.6 Å². The molecular weight excluding hydrogens is 358 g/mol. The van der Waals surface area contributed by atoms with E-state index in [4.69, 9.17) is 21.1 Å². The van der Waals surface area contributed by atoms with Crippen LogP contribution in [0.4, 0.5) is 5.69 Å². The molecule has 26 heavy (non-hydrogen) atoms. The Balaban J connectivity index is 1.95. The van der Waals surface area contributed by atoms with Crippen molar-refractivity contribution < 1.29 is 19.1 Å². The second-order valence-corrected chi connectivity index (χ2v) is 5.44. The van der Waals surface area contributed by atoms with Crippen molar-refractivity contribution in [2.24, 2.45) is 5.10 Å². The molecule has 0 bridgehead atoms. The Morgan fingerprint density at radius 2 is 1.96 bits per heavy atom.